The second-order valence-electron chi connectivity index (χ2n) is 9.97. The van der Waals surface area contributed by atoms with Crippen LogP contribution in [0.3, 0.4) is 0 Å². The summed E-state index contributed by atoms with van der Waals surface area (Å²) >= 11 is 0. The molecule has 0 radical (unpaired) electrons. The van der Waals surface area contributed by atoms with Gasteiger partial charge in [-0.05, 0) is 93.4 Å². The van der Waals surface area contributed by atoms with Crippen LogP contribution in [0.25, 0.3) is 11.1 Å². The molecule has 1 aromatic carbocycles. The van der Waals surface area contributed by atoms with Crippen molar-refractivity contribution in [2.75, 3.05) is 6.61 Å². The summed E-state index contributed by atoms with van der Waals surface area (Å²) in [6.07, 6.45) is 7.09. The lowest BCUT2D eigenvalue weighted by atomic mass is 10.0. The molecule has 4 rings (SSSR count). The highest BCUT2D eigenvalue weighted by Crippen LogP contribution is 2.57. The molecule has 34 heavy (non-hydrogen) atoms. The van der Waals surface area contributed by atoms with E-state index in [4.69, 9.17) is 9.47 Å². The summed E-state index contributed by atoms with van der Waals surface area (Å²) in [6.45, 7) is 12.0. The third kappa shape index (κ3) is 5.76. The maximum atomic E-state index is 14.5. The maximum absolute atomic E-state index is 14.5. The van der Waals surface area contributed by atoms with E-state index in [-0.39, 0.29) is 12.4 Å². The minimum Gasteiger partial charge on any atom is -0.489 e. The molecule has 2 aromatic rings. The van der Waals surface area contributed by atoms with Gasteiger partial charge in [0.1, 0.15) is 18.2 Å². The molecule has 180 valence electrons. The zero-order valence-electron chi connectivity index (χ0n) is 20.5. The Morgan fingerprint density at radius 2 is 2.09 bits per heavy atom. The topological polar surface area (TPSA) is 51.6 Å². The van der Waals surface area contributed by atoms with Crippen LogP contribution in [0.2, 0.25) is 0 Å². The van der Waals surface area contributed by atoms with Gasteiger partial charge in [-0.15, -0.1) is 0 Å². The predicted molar refractivity (Wildman–Crippen MR) is 133 cm³/mol. The first-order valence-electron chi connectivity index (χ1n) is 11.9. The van der Waals surface area contributed by atoms with Gasteiger partial charge in [0.25, 0.3) is 0 Å². The van der Waals surface area contributed by atoms with Crippen molar-refractivity contribution in [3.05, 3.63) is 83.0 Å². The van der Waals surface area contributed by atoms with Crippen molar-refractivity contribution in [2.24, 2.45) is 11.8 Å². The number of fused-ring (bicyclic) bond motifs is 1. The average molecular weight is 464 g/mol. The molecule has 2 aliphatic rings. The lowest BCUT2D eigenvalue weighted by Gasteiger charge is -2.17. The first-order valence-corrected chi connectivity index (χ1v) is 11.9. The molecule has 0 saturated heterocycles. The van der Waals surface area contributed by atoms with Crippen LogP contribution >= 0.6 is 0 Å². The van der Waals surface area contributed by atoms with Crippen molar-refractivity contribution < 1.29 is 19.0 Å². The van der Waals surface area contributed by atoms with Gasteiger partial charge in [0, 0.05) is 29.3 Å². The number of ether oxygens (including phenoxy) is 2. The molecule has 2 fully saturated rings. The number of pyridine rings is 1. The second-order valence-corrected chi connectivity index (χ2v) is 9.97. The first kappa shape index (κ1) is 24.2. The summed E-state index contributed by atoms with van der Waals surface area (Å²) < 4.78 is 26.0. The average Bonchev–Trinajstić information content (AvgIpc) is 3.44. The van der Waals surface area contributed by atoms with Crippen LogP contribution in [0.15, 0.2) is 66.0 Å². The minimum absolute atomic E-state index is 0.116. The Kier molecular flexibility index (Phi) is 6.94. The standard InChI is InChI=1S/C29H34FNO3/c1-6-24-21(15-22-16-26(22)24)13-18(2)34-17-23-14-20(7-9-27(23)30)25-8-10-28(31-19(25)3)33-12-11-29(4,5)32/h6-10,13-14,22,26,32H,2,11-12,15-17H2,1,3-5H3/b21-13-,24-6+. The molecular weight excluding hydrogens is 429 g/mol. The van der Waals surface area contributed by atoms with E-state index in [1.165, 1.54) is 23.6 Å². The summed E-state index contributed by atoms with van der Waals surface area (Å²) in [4.78, 5) is 4.52. The van der Waals surface area contributed by atoms with Crippen LogP contribution < -0.4 is 4.74 Å². The van der Waals surface area contributed by atoms with Crippen LogP contribution in [0.4, 0.5) is 4.39 Å². The van der Waals surface area contributed by atoms with Gasteiger partial charge in [0.15, 0.2) is 0 Å². The van der Waals surface area contributed by atoms with Crippen LogP contribution in [0.1, 0.15) is 51.3 Å². The smallest absolute Gasteiger partial charge is 0.213 e. The van der Waals surface area contributed by atoms with E-state index in [2.05, 4.69) is 24.6 Å². The molecule has 4 nitrogen and oxygen atoms in total. The van der Waals surface area contributed by atoms with Crippen molar-refractivity contribution >= 4 is 0 Å². The van der Waals surface area contributed by atoms with Gasteiger partial charge in [-0.2, -0.15) is 0 Å². The molecule has 0 aliphatic heterocycles. The molecule has 0 amide bonds. The predicted octanol–water partition coefficient (Wildman–Crippen LogP) is 6.68. The summed E-state index contributed by atoms with van der Waals surface area (Å²) in [5, 5.41) is 9.82. The van der Waals surface area contributed by atoms with Crippen molar-refractivity contribution in [2.45, 2.75) is 59.2 Å². The van der Waals surface area contributed by atoms with Crippen molar-refractivity contribution in [1.82, 2.24) is 4.98 Å². The summed E-state index contributed by atoms with van der Waals surface area (Å²) in [5.41, 5.74) is 4.96. The number of nitrogens with zero attached hydrogens (tertiary/aromatic N) is 1. The second kappa shape index (κ2) is 9.75. The third-order valence-electron chi connectivity index (χ3n) is 6.62. The molecule has 5 heteroatoms. The van der Waals surface area contributed by atoms with Crippen molar-refractivity contribution in [1.29, 1.82) is 0 Å². The molecule has 1 heterocycles. The van der Waals surface area contributed by atoms with Crippen LogP contribution in [-0.2, 0) is 11.3 Å². The first-order chi connectivity index (χ1) is 16.1. The Morgan fingerprint density at radius 3 is 2.79 bits per heavy atom. The molecule has 1 N–H and O–H groups in total. The Labute approximate surface area is 201 Å². The number of rotatable bonds is 9. The zero-order chi connectivity index (χ0) is 24.5. The van der Waals surface area contributed by atoms with Gasteiger partial charge >= 0.3 is 0 Å². The molecule has 0 bridgehead atoms. The SMILES string of the molecule is C=C(/C=C1/CC2CC2/C1=C/C)OCc1cc(-c2ccc(OCCC(C)(C)O)nc2C)ccc1F. The number of aromatic nitrogens is 1. The summed E-state index contributed by atoms with van der Waals surface area (Å²) in [7, 11) is 0. The highest BCUT2D eigenvalue weighted by molar-refractivity contribution is 5.67. The Morgan fingerprint density at radius 1 is 1.29 bits per heavy atom. The van der Waals surface area contributed by atoms with Gasteiger partial charge in [-0.25, -0.2) is 9.37 Å². The van der Waals surface area contributed by atoms with Crippen LogP contribution in [0.5, 0.6) is 5.88 Å². The van der Waals surface area contributed by atoms with E-state index in [1.54, 1.807) is 32.0 Å². The monoisotopic (exact) mass is 463 g/mol. The molecular formula is C29H34FNO3. The van der Waals surface area contributed by atoms with Gasteiger partial charge in [0.2, 0.25) is 5.88 Å². The largest absolute Gasteiger partial charge is 0.489 e. The van der Waals surface area contributed by atoms with Crippen LogP contribution in [-0.4, -0.2) is 22.3 Å². The number of hydrogen-bond acceptors (Lipinski definition) is 4. The van der Waals surface area contributed by atoms with E-state index in [1.807, 2.05) is 19.1 Å². The number of benzene rings is 1. The van der Waals surface area contributed by atoms with Crippen LogP contribution in [0, 0.1) is 24.6 Å². The number of allylic oxidation sites excluding steroid dienone is 4. The van der Waals surface area contributed by atoms with E-state index in [0.717, 1.165) is 29.2 Å². The Bertz CT molecular complexity index is 1140. The minimum atomic E-state index is -0.782. The van der Waals surface area contributed by atoms with E-state index in [0.29, 0.717) is 36.1 Å². The summed E-state index contributed by atoms with van der Waals surface area (Å²) in [5.74, 6) is 2.26. The molecule has 2 unspecified atom stereocenters. The van der Waals surface area contributed by atoms with Gasteiger partial charge in [-0.3, -0.25) is 0 Å². The number of hydrogen-bond donors (Lipinski definition) is 1. The van der Waals surface area contributed by atoms with Gasteiger partial charge in [0.05, 0.1) is 12.2 Å². The van der Waals surface area contributed by atoms with Crippen molar-refractivity contribution in [3.8, 4) is 17.0 Å². The lowest BCUT2D eigenvalue weighted by Crippen LogP contribution is -2.22. The Hall–Kier alpha value is -2.92. The lowest BCUT2D eigenvalue weighted by molar-refractivity contribution is 0.0547. The van der Waals surface area contributed by atoms with E-state index < -0.39 is 5.60 Å². The normalized spacial score (nSPS) is 21.6. The van der Waals surface area contributed by atoms with E-state index >= 15 is 0 Å². The highest BCUT2D eigenvalue weighted by Gasteiger charge is 2.46. The zero-order valence-corrected chi connectivity index (χ0v) is 20.5. The quantitative estimate of drug-likeness (QED) is 0.422. The maximum Gasteiger partial charge on any atom is 0.213 e. The molecule has 2 atom stereocenters. The molecule has 1 aromatic heterocycles. The molecule has 2 saturated carbocycles. The van der Waals surface area contributed by atoms with Gasteiger partial charge < -0.3 is 14.6 Å². The van der Waals surface area contributed by atoms with Gasteiger partial charge in [-0.1, -0.05) is 18.7 Å². The Balaban J connectivity index is 1.41. The molecule has 0 spiro atoms. The number of aryl methyl sites for hydroxylation is 1. The fourth-order valence-electron chi connectivity index (χ4n) is 4.62. The fraction of sp³-hybridized carbons (Fsp3) is 0.414. The highest BCUT2D eigenvalue weighted by atomic mass is 19.1. The molecule has 2 aliphatic carbocycles. The summed E-state index contributed by atoms with van der Waals surface area (Å²) in [6, 6.07) is 8.73. The third-order valence-corrected chi connectivity index (χ3v) is 6.62. The number of halogens is 1. The fourth-order valence-corrected chi connectivity index (χ4v) is 4.62. The van der Waals surface area contributed by atoms with E-state index in [9.17, 15) is 9.50 Å². The number of aliphatic hydroxyl groups is 1. The van der Waals surface area contributed by atoms with Crippen molar-refractivity contribution in [3.63, 3.8) is 0 Å².